The fraction of sp³-hybridized carbons (Fsp3) is 0.250. The summed E-state index contributed by atoms with van der Waals surface area (Å²) < 4.78 is 16.9. The Morgan fingerprint density at radius 1 is 0.947 bits per heavy atom. The number of rotatable bonds is 1. The second-order valence-electron chi connectivity index (χ2n) is 4.82. The third kappa shape index (κ3) is 1.78. The van der Waals surface area contributed by atoms with Gasteiger partial charge in [0.1, 0.15) is 6.10 Å². The van der Waals surface area contributed by atoms with Crippen molar-refractivity contribution in [3.63, 3.8) is 0 Å². The van der Waals surface area contributed by atoms with Crippen LogP contribution in [0.15, 0.2) is 42.5 Å². The van der Waals surface area contributed by atoms with Gasteiger partial charge >= 0.3 is 0 Å². The Bertz CT molecular complexity index is 607. The van der Waals surface area contributed by atoms with Crippen LogP contribution in [0.4, 0.5) is 0 Å². The Labute approximate surface area is 111 Å². The van der Waals surface area contributed by atoms with E-state index in [4.69, 9.17) is 14.2 Å². The van der Waals surface area contributed by atoms with E-state index in [1.807, 2.05) is 18.2 Å². The molecule has 3 heteroatoms. The van der Waals surface area contributed by atoms with Gasteiger partial charge in [-0.3, -0.25) is 0 Å². The number of fused-ring (bicyclic) bond motifs is 2. The number of benzene rings is 2. The molecule has 2 heterocycles. The molecule has 2 aliphatic rings. The molecule has 0 N–H and O–H groups in total. The van der Waals surface area contributed by atoms with E-state index >= 15 is 0 Å². The van der Waals surface area contributed by atoms with Crippen molar-refractivity contribution < 1.29 is 14.2 Å². The Balaban J connectivity index is 1.82. The third-order valence-corrected chi connectivity index (χ3v) is 3.68. The average molecular weight is 254 g/mol. The van der Waals surface area contributed by atoms with Crippen molar-refractivity contribution in [3.8, 4) is 11.5 Å². The third-order valence-electron chi connectivity index (χ3n) is 3.68. The highest BCUT2D eigenvalue weighted by atomic mass is 16.7. The van der Waals surface area contributed by atoms with Gasteiger partial charge in [-0.2, -0.15) is 0 Å². The summed E-state index contributed by atoms with van der Waals surface area (Å²) in [6.45, 7) is 1.06. The van der Waals surface area contributed by atoms with Gasteiger partial charge in [0.15, 0.2) is 11.5 Å². The van der Waals surface area contributed by atoms with Crippen LogP contribution in [-0.2, 0) is 11.2 Å². The SMILES string of the molecule is c1ccc([C@@H]2OCCc3cc4c(cc32)OCO4)cc1. The van der Waals surface area contributed by atoms with Gasteiger partial charge < -0.3 is 14.2 Å². The van der Waals surface area contributed by atoms with Crippen molar-refractivity contribution in [1.29, 1.82) is 0 Å². The summed E-state index contributed by atoms with van der Waals surface area (Å²) in [5.41, 5.74) is 3.67. The lowest BCUT2D eigenvalue weighted by Gasteiger charge is -2.26. The monoisotopic (exact) mass is 254 g/mol. The largest absolute Gasteiger partial charge is 0.454 e. The predicted molar refractivity (Wildman–Crippen MR) is 70.5 cm³/mol. The molecule has 4 rings (SSSR count). The van der Waals surface area contributed by atoms with Gasteiger partial charge in [-0.05, 0) is 35.2 Å². The van der Waals surface area contributed by atoms with Crippen LogP contribution in [0.5, 0.6) is 11.5 Å². The molecule has 19 heavy (non-hydrogen) atoms. The van der Waals surface area contributed by atoms with Gasteiger partial charge in [-0.25, -0.2) is 0 Å². The lowest BCUT2D eigenvalue weighted by molar-refractivity contribution is 0.0697. The number of ether oxygens (including phenoxy) is 3. The number of hydrogen-bond acceptors (Lipinski definition) is 3. The maximum Gasteiger partial charge on any atom is 0.231 e. The molecule has 0 saturated carbocycles. The quantitative estimate of drug-likeness (QED) is 0.782. The topological polar surface area (TPSA) is 27.7 Å². The van der Waals surface area contributed by atoms with Gasteiger partial charge in [-0.15, -0.1) is 0 Å². The Morgan fingerprint density at radius 3 is 2.58 bits per heavy atom. The Hall–Kier alpha value is -2.00. The van der Waals surface area contributed by atoms with Gasteiger partial charge in [-0.1, -0.05) is 30.3 Å². The second kappa shape index (κ2) is 4.28. The van der Waals surface area contributed by atoms with E-state index in [0.717, 1.165) is 24.5 Å². The van der Waals surface area contributed by atoms with E-state index in [-0.39, 0.29) is 6.10 Å². The molecular weight excluding hydrogens is 240 g/mol. The van der Waals surface area contributed by atoms with Crippen LogP contribution in [0.1, 0.15) is 22.8 Å². The van der Waals surface area contributed by atoms with Crippen LogP contribution in [-0.4, -0.2) is 13.4 Å². The van der Waals surface area contributed by atoms with E-state index in [1.165, 1.54) is 16.7 Å². The standard InChI is InChI=1S/C16H14O3/c1-2-4-11(5-3-1)16-13-9-15-14(18-10-19-15)8-12(13)6-7-17-16/h1-5,8-9,16H,6-7,10H2/t16-/m0/s1. The molecule has 0 spiro atoms. The molecule has 0 saturated heterocycles. The first-order valence-electron chi connectivity index (χ1n) is 6.51. The fourth-order valence-electron chi connectivity index (χ4n) is 2.74. The minimum atomic E-state index is -0.000509. The van der Waals surface area contributed by atoms with E-state index < -0.39 is 0 Å². The van der Waals surface area contributed by atoms with Crippen LogP contribution < -0.4 is 9.47 Å². The van der Waals surface area contributed by atoms with E-state index in [9.17, 15) is 0 Å². The van der Waals surface area contributed by atoms with Crippen molar-refractivity contribution in [2.24, 2.45) is 0 Å². The van der Waals surface area contributed by atoms with Crippen molar-refractivity contribution in [1.82, 2.24) is 0 Å². The molecule has 1 atom stereocenters. The summed E-state index contributed by atoms with van der Waals surface area (Å²) >= 11 is 0. The van der Waals surface area contributed by atoms with Gasteiger partial charge in [0.25, 0.3) is 0 Å². The van der Waals surface area contributed by atoms with Crippen molar-refractivity contribution in [2.45, 2.75) is 12.5 Å². The van der Waals surface area contributed by atoms with Crippen LogP contribution in [0.25, 0.3) is 0 Å². The zero-order valence-electron chi connectivity index (χ0n) is 10.5. The van der Waals surface area contributed by atoms with Crippen LogP contribution in [0, 0.1) is 0 Å². The second-order valence-corrected chi connectivity index (χ2v) is 4.82. The first kappa shape index (κ1) is 10.9. The summed E-state index contributed by atoms with van der Waals surface area (Å²) in [4.78, 5) is 0. The van der Waals surface area contributed by atoms with Gasteiger partial charge in [0.05, 0.1) is 6.61 Å². The van der Waals surface area contributed by atoms with Gasteiger partial charge in [0.2, 0.25) is 6.79 Å². The smallest absolute Gasteiger partial charge is 0.231 e. The molecule has 2 aromatic carbocycles. The molecule has 2 aromatic rings. The first-order valence-corrected chi connectivity index (χ1v) is 6.51. The molecule has 0 radical (unpaired) electrons. The molecule has 96 valence electrons. The van der Waals surface area contributed by atoms with E-state index in [2.05, 4.69) is 24.3 Å². The maximum atomic E-state index is 5.95. The normalized spacial score (nSPS) is 20.1. The summed E-state index contributed by atoms with van der Waals surface area (Å²) in [5, 5.41) is 0. The first-order chi connectivity index (χ1) is 9.42. The Morgan fingerprint density at radius 2 is 1.74 bits per heavy atom. The molecule has 0 bridgehead atoms. The predicted octanol–water partition coefficient (Wildman–Crippen LogP) is 3.08. The highest BCUT2D eigenvalue weighted by Gasteiger charge is 2.26. The summed E-state index contributed by atoms with van der Waals surface area (Å²) in [6.07, 6.45) is 0.925. The molecule has 2 aliphatic heterocycles. The van der Waals surface area contributed by atoms with Crippen molar-refractivity contribution >= 4 is 0 Å². The summed E-state index contributed by atoms with van der Waals surface area (Å²) in [6, 6.07) is 14.5. The molecule has 0 amide bonds. The van der Waals surface area contributed by atoms with Crippen molar-refractivity contribution in [2.75, 3.05) is 13.4 Å². The van der Waals surface area contributed by atoms with Crippen LogP contribution in [0.3, 0.4) is 0 Å². The Kier molecular flexibility index (Phi) is 2.45. The lowest BCUT2D eigenvalue weighted by Crippen LogP contribution is -2.17. The number of hydrogen-bond donors (Lipinski definition) is 0. The molecule has 0 aliphatic carbocycles. The molecule has 3 nitrogen and oxygen atoms in total. The van der Waals surface area contributed by atoms with Crippen molar-refractivity contribution in [3.05, 3.63) is 59.2 Å². The zero-order valence-corrected chi connectivity index (χ0v) is 10.5. The highest BCUT2D eigenvalue weighted by molar-refractivity contribution is 5.51. The maximum absolute atomic E-state index is 5.95. The van der Waals surface area contributed by atoms with E-state index in [0.29, 0.717) is 6.79 Å². The fourth-order valence-corrected chi connectivity index (χ4v) is 2.74. The lowest BCUT2D eigenvalue weighted by atomic mass is 9.92. The summed E-state index contributed by atoms with van der Waals surface area (Å²) in [5.74, 6) is 1.68. The minimum absolute atomic E-state index is 0.000509. The molecule has 0 unspecified atom stereocenters. The minimum Gasteiger partial charge on any atom is -0.454 e. The molecule has 0 fully saturated rings. The highest BCUT2D eigenvalue weighted by Crippen LogP contribution is 2.41. The summed E-state index contributed by atoms with van der Waals surface area (Å²) in [7, 11) is 0. The van der Waals surface area contributed by atoms with E-state index in [1.54, 1.807) is 0 Å². The van der Waals surface area contributed by atoms with Crippen LogP contribution in [0.2, 0.25) is 0 Å². The molecular formula is C16H14O3. The van der Waals surface area contributed by atoms with Gasteiger partial charge in [0, 0.05) is 0 Å². The zero-order chi connectivity index (χ0) is 12.7. The van der Waals surface area contributed by atoms with Crippen LogP contribution >= 0.6 is 0 Å². The average Bonchev–Trinajstić information content (AvgIpc) is 2.92. The molecule has 0 aromatic heterocycles.